The van der Waals surface area contributed by atoms with E-state index in [0.29, 0.717) is 25.9 Å². The minimum Gasteiger partial charge on any atom is -0.458 e. The molecule has 5 nitrogen and oxygen atoms in total. The molecule has 0 aliphatic carbocycles. The molecule has 1 aromatic rings. The smallest absolute Gasteiger partial charge is 0.321 e. The summed E-state index contributed by atoms with van der Waals surface area (Å²) >= 11 is 0. The second-order valence-electron chi connectivity index (χ2n) is 7.58. The maximum absolute atomic E-state index is 13.0. The Morgan fingerprint density at radius 2 is 1.78 bits per heavy atom. The van der Waals surface area contributed by atoms with Crippen LogP contribution in [0.3, 0.4) is 0 Å². The van der Waals surface area contributed by atoms with Crippen LogP contribution in [0.2, 0.25) is 0 Å². The van der Waals surface area contributed by atoms with Gasteiger partial charge in [-0.15, -0.1) is 5.92 Å². The lowest BCUT2D eigenvalue weighted by molar-refractivity contribution is -0.178. The monoisotopic (exact) mass is 367 g/mol. The van der Waals surface area contributed by atoms with Gasteiger partial charge in [0.2, 0.25) is 5.91 Å². The van der Waals surface area contributed by atoms with Crippen LogP contribution in [-0.4, -0.2) is 41.3 Å². The third-order valence-corrected chi connectivity index (χ3v) is 5.64. The van der Waals surface area contributed by atoms with Gasteiger partial charge in [-0.25, -0.2) is 0 Å². The second-order valence-corrected chi connectivity index (χ2v) is 7.58. The van der Waals surface area contributed by atoms with E-state index >= 15 is 0 Å². The SMILES string of the molecule is CC#Cc1cc(C)c(C2C(=O)CC3(CCN(C(C)=O)CC3)OC2=O)c(C)c1. The summed E-state index contributed by atoms with van der Waals surface area (Å²) in [5.74, 6) is 4.46. The number of carbonyl (C=O) groups is 3. The first kappa shape index (κ1) is 19.2. The fourth-order valence-electron chi connectivity index (χ4n) is 4.29. The number of aryl methyl sites for hydroxylation is 2. The number of benzene rings is 1. The van der Waals surface area contributed by atoms with Gasteiger partial charge in [0.25, 0.3) is 0 Å². The molecular weight excluding hydrogens is 342 g/mol. The summed E-state index contributed by atoms with van der Waals surface area (Å²) in [5, 5.41) is 0. The number of hydrogen-bond acceptors (Lipinski definition) is 4. The summed E-state index contributed by atoms with van der Waals surface area (Å²) in [6, 6.07) is 3.82. The zero-order chi connectivity index (χ0) is 19.8. The molecule has 2 aliphatic rings. The maximum Gasteiger partial charge on any atom is 0.321 e. The van der Waals surface area contributed by atoms with E-state index < -0.39 is 17.5 Å². The molecule has 3 rings (SSSR count). The van der Waals surface area contributed by atoms with Gasteiger partial charge in [-0.1, -0.05) is 5.92 Å². The minimum absolute atomic E-state index is 0.0118. The largest absolute Gasteiger partial charge is 0.458 e. The summed E-state index contributed by atoms with van der Waals surface area (Å²) in [6.45, 7) is 8.15. The van der Waals surface area contributed by atoms with Gasteiger partial charge in [0, 0.05) is 44.8 Å². The minimum atomic E-state index is -0.870. The van der Waals surface area contributed by atoms with Crippen molar-refractivity contribution in [2.75, 3.05) is 13.1 Å². The van der Waals surface area contributed by atoms with Crippen LogP contribution in [-0.2, 0) is 19.1 Å². The highest BCUT2D eigenvalue weighted by atomic mass is 16.6. The lowest BCUT2D eigenvalue weighted by Gasteiger charge is -2.44. The predicted molar refractivity (Wildman–Crippen MR) is 101 cm³/mol. The van der Waals surface area contributed by atoms with Gasteiger partial charge < -0.3 is 9.64 Å². The van der Waals surface area contributed by atoms with E-state index in [1.165, 1.54) is 6.92 Å². The van der Waals surface area contributed by atoms with E-state index in [1.807, 2.05) is 26.0 Å². The number of hydrogen-bond donors (Lipinski definition) is 0. The Hall–Kier alpha value is -2.61. The van der Waals surface area contributed by atoms with Crippen molar-refractivity contribution in [1.82, 2.24) is 4.90 Å². The van der Waals surface area contributed by atoms with Gasteiger partial charge in [0.05, 0.1) is 0 Å². The van der Waals surface area contributed by atoms with Crippen LogP contribution in [0, 0.1) is 25.7 Å². The molecule has 1 aromatic carbocycles. The van der Waals surface area contributed by atoms with Gasteiger partial charge in [-0.05, 0) is 49.6 Å². The molecular formula is C22H25NO4. The van der Waals surface area contributed by atoms with Gasteiger partial charge in [-0.2, -0.15) is 0 Å². The summed E-state index contributed by atoms with van der Waals surface area (Å²) in [5.41, 5.74) is 2.62. The standard InChI is InChI=1S/C22H25NO4/c1-5-6-17-11-14(2)19(15(3)12-17)20-18(25)13-22(27-21(20)26)7-9-23(10-8-22)16(4)24/h11-12,20H,7-10,13H2,1-4H3. The average molecular weight is 367 g/mol. The topological polar surface area (TPSA) is 63.7 Å². The first-order valence-electron chi connectivity index (χ1n) is 9.31. The van der Waals surface area contributed by atoms with Crippen molar-refractivity contribution in [1.29, 1.82) is 0 Å². The fourth-order valence-corrected chi connectivity index (χ4v) is 4.29. The molecule has 142 valence electrons. The first-order chi connectivity index (χ1) is 12.8. The molecule has 0 bridgehead atoms. The predicted octanol–water partition coefficient (Wildman–Crippen LogP) is 2.66. The number of piperidine rings is 1. The van der Waals surface area contributed by atoms with E-state index in [2.05, 4.69) is 11.8 Å². The Labute approximate surface area is 160 Å². The van der Waals surface area contributed by atoms with Crippen molar-refractivity contribution < 1.29 is 19.1 Å². The van der Waals surface area contributed by atoms with Crippen molar-refractivity contribution in [2.45, 2.75) is 58.5 Å². The van der Waals surface area contributed by atoms with Gasteiger partial charge in [0.1, 0.15) is 11.5 Å². The normalized spacial score (nSPS) is 21.5. The number of rotatable bonds is 1. The molecule has 0 N–H and O–H groups in total. The lowest BCUT2D eigenvalue weighted by atomic mass is 9.77. The second kappa shape index (κ2) is 7.19. The zero-order valence-corrected chi connectivity index (χ0v) is 16.3. The Morgan fingerprint density at radius 1 is 1.19 bits per heavy atom. The molecule has 2 heterocycles. The molecule has 5 heteroatoms. The van der Waals surface area contributed by atoms with Crippen molar-refractivity contribution >= 4 is 17.7 Å². The Morgan fingerprint density at radius 3 is 2.26 bits per heavy atom. The summed E-state index contributed by atoms with van der Waals surface area (Å²) < 4.78 is 5.84. The first-order valence-corrected chi connectivity index (χ1v) is 9.31. The van der Waals surface area contributed by atoms with Crippen LogP contribution in [0.15, 0.2) is 12.1 Å². The number of amides is 1. The third-order valence-electron chi connectivity index (χ3n) is 5.64. The van der Waals surface area contributed by atoms with E-state index in [-0.39, 0.29) is 18.1 Å². The van der Waals surface area contributed by atoms with Crippen molar-refractivity contribution in [3.05, 3.63) is 34.4 Å². The highest BCUT2D eigenvalue weighted by molar-refractivity contribution is 6.07. The Balaban J connectivity index is 1.85. The molecule has 27 heavy (non-hydrogen) atoms. The number of carbonyl (C=O) groups excluding carboxylic acids is 3. The molecule has 2 fully saturated rings. The summed E-state index contributed by atoms with van der Waals surface area (Å²) in [4.78, 5) is 39.1. The van der Waals surface area contributed by atoms with Gasteiger partial charge in [0.15, 0.2) is 5.78 Å². The van der Waals surface area contributed by atoms with Gasteiger partial charge in [-0.3, -0.25) is 14.4 Å². The van der Waals surface area contributed by atoms with Crippen LogP contribution < -0.4 is 0 Å². The van der Waals surface area contributed by atoms with Crippen molar-refractivity contribution in [3.63, 3.8) is 0 Å². The molecule has 1 atom stereocenters. The van der Waals surface area contributed by atoms with E-state index in [0.717, 1.165) is 22.3 Å². The number of likely N-dealkylation sites (tertiary alicyclic amines) is 1. The van der Waals surface area contributed by atoms with Crippen LogP contribution in [0.4, 0.5) is 0 Å². The molecule has 2 aliphatic heterocycles. The molecule has 0 saturated carbocycles. The van der Waals surface area contributed by atoms with Crippen LogP contribution in [0.5, 0.6) is 0 Å². The van der Waals surface area contributed by atoms with E-state index in [9.17, 15) is 14.4 Å². The number of ether oxygens (including phenoxy) is 1. The molecule has 1 spiro atoms. The number of ketones is 1. The fraction of sp³-hybridized carbons (Fsp3) is 0.500. The number of Topliss-reactive ketones (excluding diaryl/α,β-unsaturated/α-hetero) is 1. The molecule has 0 radical (unpaired) electrons. The van der Waals surface area contributed by atoms with E-state index in [1.54, 1.807) is 11.8 Å². The van der Waals surface area contributed by atoms with Crippen molar-refractivity contribution in [2.24, 2.45) is 0 Å². The Bertz CT molecular complexity index is 823. The molecule has 1 amide bonds. The summed E-state index contributed by atoms with van der Waals surface area (Å²) in [6.07, 6.45) is 1.24. The van der Waals surface area contributed by atoms with Crippen LogP contribution >= 0.6 is 0 Å². The zero-order valence-electron chi connectivity index (χ0n) is 16.3. The maximum atomic E-state index is 13.0. The van der Waals surface area contributed by atoms with Gasteiger partial charge >= 0.3 is 5.97 Å². The lowest BCUT2D eigenvalue weighted by Crippen LogP contribution is -2.53. The summed E-state index contributed by atoms with van der Waals surface area (Å²) in [7, 11) is 0. The molecule has 2 saturated heterocycles. The number of nitrogens with zero attached hydrogens (tertiary/aromatic N) is 1. The van der Waals surface area contributed by atoms with Crippen LogP contribution in [0.25, 0.3) is 0 Å². The van der Waals surface area contributed by atoms with Crippen molar-refractivity contribution in [3.8, 4) is 11.8 Å². The van der Waals surface area contributed by atoms with E-state index in [4.69, 9.17) is 4.74 Å². The highest BCUT2D eigenvalue weighted by Crippen LogP contribution is 2.40. The average Bonchev–Trinajstić information content (AvgIpc) is 2.57. The van der Waals surface area contributed by atoms with Crippen LogP contribution in [0.1, 0.15) is 61.3 Å². The molecule has 0 aromatic heterocycles. The third kappa shape index (κ3) is 3.62. The Kier molecular flexibility index (Phi) is 5.10. The quantitative estimate of drug-likeness (QED) is 0.435. The molecule has 1 unspecified atom stereocenters. The highest BCUT2D eigenvalue weighted by Gasteiger charge is 2.49. The number of esters is 1.